The zero-order chi connectivity index (χ0) is 22.9. The van der Waals surface area contributed by atoms with E-state index in [0.29, 0.717) is 30.4 Å². The van der Waals surface area contributed by atoms with E-state index in [1.165, 1.54) is 39.5 Å². The molecule has 0 spiro atoms. The quantitative estimate of drug-likeness (QED) is 0.492. The highest BCUT2D eigenvalue weighted by Crippen LogP contribution is 2.32. The molecular weight excluding hydrogens is 424 g/mol. The van der Waals surface area contributed by atoms with Gasteiger partial charge in [-0.2, -0.15) is 0 Å². The van der Waals surface area contributed by atoms with Crippen molar-refractivity contribution in [1.29, 1.82) is 0 Å². The van der Waals surface area contributed by atoms with Gasteiger partial charge >= 0.3 is 0 Å². The Hall–Kier alpha value is -2.98. The standard InChI is InChI=1S/C21H28N2O7S/c1-5-30-17-8-6-16(7-9-17)23(15-21(24)22-12-13-27-2)31(25,26)18-10-11-19(28-3)20(14-18)29-4/h6-11,14H,5,12-13,15H2,1-4H3,(H,22,24). The number of methoxy groups -OCH3 is 3. The van der Waals surface area contributed by atoms with E-state index in [4.69, 9.17) is 18.9 Å². The van der Waals surface area contributed by atoms with E-state index in [1.807, 2.05) is 6.92 Å². The van der Waals surface area contributed by atoms with E-state index in [1.54, 1.807) is 24.3 Å². The molecule has 1 amide bonds. The van der Waals surface area contributed by atoms with Gasteiger partial charge in [0.15, 0.2) is 11.5 Å². The molecule has 0 radical (unpaired) electrons. The number of benzene rings is 2. The minimum atomic E-state index is -4.10. The number of nitrogens with one attached hydrogen (secondary N) is 1. The Morgan fingerprint density at radius 3 is 2.26 bits per heavy atom. The molecule has 0 unspecified atom stereocenters. The van der Waals surface area contributed by atoms with Crippen LogP contribution in [0.2, 0.25) is 0 Å². The summed E-state index contributed by atoms with van der Waals surface area (Å²) in [6.45, 7) is 2.51. The normalized spacial score (nSPS) is 11.0. The Balaban J connectivity index is 2.43. The van der Waals surface area contributed by atoms with Crippen molar-refractivity contribution in [2.24, 2.45) is 0 Å². The third-order valence-corrected chi connectivity index (χ3v) is 6.06. The highest BCUT2D eigenvalue weighted by molar-refractivity contribution is 7.92. The number of carbonyl (C=O) groups excluding carboxylic acids is 1. The van der Waals surface area contributed by atoms with Gasteiger partial charge in [0.1, 0.15) is 12.3 Å². The smallest absolute Gasteiger partial charge is 0.264 e. The lowest BCUT2D eigenvalue weighted by Gasteiger charge is -2.24. The highest BCUT2D eigenvalue weighted by atomic mass is 32.2. The molecule has 2 aromatic carbocycles. The molecule has 0 aliphatic heterocycles. The van der Waals surface area contributed by atoms with E-state index in [0.717, 1.165) is 4.31 Å². The van der Waals surface area contributed by atoms with Gasteiger partial charge in [0.2, 0.25) is 5.91 Å². The number of rotatable bonds is 12. The zero-order valence-electron chi connectivity index (χ0n) is 18.1. The molecule has 1 N–H and O–H groups in total. The van der Waals surface area contributed by atoms with E-state index < -0.39 is 22.5 Å². The number of ether oxygens (including phenoxy) is 4. The van der Waals surface area contributed by atoms with Crippen LogP contribution in [0, 0.1) is 0 Å². The molecule has 10 heteroatoms. The fraction of sp³-hybridized carbons (Fsp3) is 0.381. The molecule has 0 saturated carbocycles. The van der Waals surface area contributed by atoms with Gasteiger partial charge < -0.3 is 24.3 Å². The van der Waals surface area contributed by atoms with Gasteiger partial charge in [-0.15, -0.1) is 0 Å². The summed E-state index contributed by atoms with van der Waals surface area (Å²) in [4.78, 5) is 12.4. The van der Waals surface area contributed by atoms with Crippen molar-refractivity contribution >= 4 is 21.6 Å². The number of hydrogen-bond donors (Lipinski definition) is 1. The molecule has 31 heavy (non-hydrogen) atoms. The van der Waals surface area contributed by atoms with Crippen LogP contribution in [0.1, 0.15) is 6.92 Å². The lowest BCUT2D eigenvalue weighted by atomic mass is 10.3. The van der Waals surface area contributed by atoms with Gasteiger partial charge in [-0.25, -0.2) is 8.42 Å². The molecule has 2 rings (SSSR count). The van der Waals surface area contributed by atoms with E-state index >= 15 is 0 Å². The topological polar surface area (TPSA) is 103 Å². The van der Waals surface area contributed by atoms with E-state index in [-0.39, 0.29) is 17.2 Å². The summed E-state index contributed by atoms with van der Waals surface area (Å²) in [6.07, 6.45) is 0. The van der Waals surface area contributed by atoms with E-state index in [9.17, 15) is 13.2 Å². The summed E-state index contributed by atoms with van der Waals surface area (Å²) in [5.74, 6) is 0.792. The van der Waals surface area contributed by atoms with Crippen molar-refractivity contribution in [2.75, 3.05) is 51.9 Å². The monoisotopic (exact) mass is 452 g/mol. The first-order valence-electron chi connectivity index (χ1n) is 9.60. The first kappa shape index (κ1) is 24.3. The number of nitrogens with zero attached hydrogens (tertiary/aromatic N) is 1. The lowest BCUT2D eigenvalue weighted by Crippen LogP contribution is -2.41. The second kappa shape index (κ2) is 11.4. The first-order valence-corrected chi connectivity index (χ1v) is 11.0. The average molecular weight is 453 g/mol. The van der Waals surface area contributed by atoms with Crippen LogP contribution in [0.5, 0.6) is 17.2 Å². The fourth-order valence-electron chi connectivity index (χ4n) is 2.77. The fourth-order valence-corrected chi connectivity index (χ4v) is 4.21. The molecule has 0 aromatic heterocycles. The van der Waals surface area contributed by atoms with Gasteiger partial charge in [-0.1, -0.05) is 0 Å². The van der Waals surface area contributed by atoms with Crippen LogP contribution in [0.25, 0.3) is 0 Å². The minimum Gasteiger partial charge on any atom is -0.494 e. The maximum absolute atomic E-state index is 13.5. The molecule has 0 bridgehead atoms. The van der Waals surface area contributed by atoms with E-state index in [2.05, 4.69) is 5.32 Å². The number of amides is 1. The van der Waals surface area contributed by atoms with Gasteiger partial charge in [0.25, 0.3) is 10.0 Å². The summed E-state index contributed by atoms with van der Waals surface area (Å²) >= 11 is 0. The molecular formula is C21H28N2O7S. The maximum Gasteiger partial charge on any atom is 0.264 e. The van der Waals surface area contributed by atoms with Crippen LogP contribution in [0.4, 0.5) is 5.69 Å². The molecule has 0 atom stereocenters. The predicted octanol–water partition coefficient (Wildman–Crippen LogP) is 2.06. The van der Waals surface area contributed by atoms with Crippen molar-refractivity contribution in [1.82, 2.24) is 5.32 Å². The molecule has 9 nitrogen and oxygen atoms in total. The summed E-state index contributed by atoms with van der Waals surface area (Å²) < 4.78 is 48.7. The molecule has 0 aliphatic carbocycles. The highest BCUT2D eigenvalue weighted by Gasteiger charge is 2.28. The average Bonchev–Trinajstić information content (AvgIpc) is 2.78. The molecule has 0 saturated heterocycles. The van der Waals surface area contributed by atoms with Crippen molar-refractivity contribution in [2.45, 2.75) is 11.8 Å². The SMILES string of the molecule is CCOc1ccc(N(CC(=O)NCCOC)S(=O)(=O)c2ccc(OC)c(OC)c2)cc1. The zero-order valence-corrected chi connectivity index (χ0v) is 18.9. The third kappa shape index (κ3) is 6.25. The molecule has 2 aromatic rings. The Labute approximate surface area is 182 Å². The third-order valence-electron chi connectivity index (χ3n) is 4.29. The summed E-state index contributed by atoms with van der Waals surface area (Å²) in [5, 5.41) is 2.64. The second-order valence-electron chi connectivity index (χ2n) is 6.30. The summed E-state index contributed by atoms with van der Waals surface area (Å²) in [7, 11) is 0.295. The minimum absolute atomic E-state index is 0.0382. The van der Waals surface area contributed by atoms with Crippen LogP contribution in [-0.2, 0) is 19.6 Å². The number of carbonyl (C=O) groups is 1. The molecule has 0 aliphatic rings. The lowest BCUT2D eigenvalue weighted by molar-refractivity contribution is -0.119. The number of anilines is 1. The van der Waals surface area contributed by atoms with Crippen molar-refractivity contribution in [3.63, 3.8) is 0 Å². The Morgan fingerprint density at radius 2 is 1.68 bits per heavy atom. The molecule has 0 heterocycles. The van der Waals surface area contributed by atoms with Gasteiger partial charge in [-0.3, -0.25) is 9.10 Å². The predicted molar refractivity (Wildman–Crippen MR) is 117 cm³/mol. The molecule has 170 valence electrons. The van der Waals surface area contributed by atoms with Crippen molar-refractivity contribution in [3.05, 3.63) is 42.5 Å². The van der Waals surface area contributed by atoms with Crippen LogP contribution in [-0.4, -0.2) is 62.0 Å². The largest absolute Gasteiger partial charge is 0.494 e. The van der Waals surface area contributed by atoms with Crippen molar-refractivity contribution in [3.8, 4) is 17.2 Å². The van der Waals surface area contributed by atoms with Gasteiger partial charge in [-0.05, 0) is 43.3 Å². The van der Waals surface area contributed by atoms with Crippen LogP contribution < -0.4 is 23.8 Å². The van der Waals surface area contributed by atoms with Gasteiger partial charge in [0, 0.05) is 19.7 Å². The summed E-state index contributed by atoms with van der Waals surface area (Å²) in [6, 6.07) is 10.7. The summed E-state index contributed by atoms with van der Waals surface area (Å²) in [5.41, 5.74) is 0.320. The maximum atomic E-state index is 13.5. The number of sulfonamides is 1. The first-order chi connectivity index (χ1) is 14.9. The van der Waals surface area contributed by atoms with Crippen LogP contribution >= 0.6 is 0 Å². The molecule has 0 fully saturated rings. The van der Waals surface area contributed by atoms with Gasteiger partial charge in [0.05, 0.1) is 38.0 Å². The Morgan fingerprint density at radius 1 is 1.00 bits per heavy atom. The van der Waals surface area contributed by atoms with Crippen LogP contribution in [0.3, 0.4) is 0 Å². The van der Waals surface area contributed by atoms with Crippen LogP contribution in [0.15, 0.2) is 47.4 Å². The second-order valence-corrected chi connectivity index (χ2v) is 8.16. The Kier molecular flexibility index (Phi) is 8.95. The number of hydrogen-bond acceptors (Lipinski definition) is 7. The Bertz CT molecular complexity index is 962. The van der Waals surface area contributed by atoms with Crippen molar-refractivity contribution < 1.29 is 32.2 Å².